The number of carbonyl (C=O) groups excluding carboxylic acids is 1. The number of hydrogen-bond donors (Lipinski definition) is 0. The number of benzene rings is 1. The Kier molecular flexibility index (Phi) is 3.24. The number of carbonyl (C=O) groups is 1. The molecule has 0 aliphatic carbocycles. The zero-order valence-electron chi connectivity index (χ0n) is 10.8. The van der Waals surface area contributed by atoms with Crippen LogP contribution in [0, 0.1) is 0 Å². The molecule has 0 unspecified atom stereocenters. The van der Waals surface area contributed by atoms with E-state index < -0.39 is 0 Å². The Balaban J connectivity index is 2.28. The van der Waals surface area contributed by atoms with Crippen LogP contribution in [0.25, 0.3) is 0 Å². The van der Waals surface area contributed by atoms with Crippen molar-refractivity contribution in [3.63, 3.8) is 0 Å². The van der Waals surface area contributed by atoms with Crippen molar-refractivity contribution in [3.8, 4) is 0 Å². The molecule has 0 atom stereocenters. The molecule has 0 saturated heterocycles. The lowest BCUT2D eigenvalue weighted by Gasteiger charge is -2.18. The second-order valence-electron chi connectivity index (χ2n) is 5.29. The summed E-state index contributed by atoms with van der Waals surface area (Å²) in [5, 5.41) is 7.38. The van der Waals surface area contributed by atoms with Crippen LogP contribution in [0.1, 0.15) is 42.3 Å². The first-order valence-corrected chi connectivity index (χ1v) is 5.90. The minimum Gasteiger partial charge on any atom is -0.289 e. The molecule has 2 aromatic rings. The predicted octanol–water partition coefficient (Wildman–Crippen LogP) is 3.01. The van der Waals surface area contributed by atoms with Gasteiger partial charge >= 0.3 is 0 Å². The standard InChI is InChI=1S/C15H16N2O/c1-15(2,3)13-6-4-11(5-7-13)14(18)12-8-9-16-17-10-12/h4-10H,1-3H3. The van der Waals surface area contributed by atoms with Crippen molar-refractivity contribution in [2.75, 3.05) is 0 Å². The number of nitrogens with zero attached hydrogens (tertiary/aromatic N) is 2. The highest BCUT2D eigenvalue weighted by atomic mass is 16.1. The first kappa shape index (κ1) is 12.4. The third-order valence-corrected chi connectivity index (χ3v) is 2.86. The van der Waals surface area contributed by atoms with E-state index in [1.807, 2.05) is 24.3 Å². The van der Waals surface area contributed by atoms with Crippen LogP contribution in [0.15, 0.2) is 42.7 Å². The molecule has 18 heavy (non-hydrogen) atoms. The summed E-state index contributed by atoms with van der Waals surface area (Å²) in [4.78, 5) is 12.1. The molecule has 2 rings (SSSR count). The Bertz CT molecular complexity index is 539. The van der Waals surface area contributed by atoms with Gasteiger partial charge in [-0.25, -0.2) is 0 Å². The maximum absolute atomic E-state index is 12.1. The summed E-state index contributed by atoms with van der Waals surface area (Å²) >= 11 is 0. The molecular formula is C15H16N2O. The maximum Gasteiger partial charge on any atom is 0.194 e. The maximum atomic E-state index is 12.1. The summed E-state index contributed by atoms with van der Waals surface area (Å²) in [5.41, 5.74) is 2.55. The molecule has 0 N–H and O–H groups in total. The minimum atomic E-state index is -0.0228. The predicted molar refractivity (Wildman–Crippen MR) is 70.6 cm³/mol. The Hall–Kier alpha value is -2.03. The van der Waals surface area contributed by atoms with Gasteiger partial charge in [-0.3, -0.25) is 4.79 Å². The van der Waals surface area contributed by atoms with E-state index in [0.717, 1.165) is 0 Å². The van der Waals surface area contributed by atoms with Crippen LogP contribution >= 0.6 is 0 Å². The highest BCUT2D eigenvalue weighted by Gasteiger charge is 2.15. The molecule has 0 fully saturated rings. The molecule has 0 saturated carbocycles. The average Bonchev–Trinajstić information content (AvgIpc) is 2.38. The van der Waals surface area contributed by atoms with Crippen molar-refractivity contribution in [1.82, 2.24) is 10.2 Å². The molecule has 0 amide bonds. The molecule has 92 valence electrons. The van der Waals surface area contributed by atoms with E-state index in [9.17, 15) is 4.79 Å². The van der Waals surface area contributed by atoms with Gasteiger partial charge in [0.25, 0.3) is 0 Å². The molecule has 1 aromatic carbocycles. The van der Waals surface area contributed by atoms with Gasteiger partial charge in [0.1, 0.15) is 0 Å². The van der Waals surface area contributed by atoms with Gasteiger partial charge in [-0.15, -0.1) is 0 Å². The number of hydrogen-bond acceptors (Lipinski definition) is 3. The van der Waals surface area contributed by atoms with Gasteiger partial charge in [-0.05, 0) is 17.0 Å². The first-order valence-electron chi connectivity index (χ1n) is 5.90. The largest absolute Gasteiger partial charge is 0.289 e. The van der Waals surface area contributed by atoms with E-state index in [4.69, 9.17) is 0 Å². The lowest BCUT2D eigenvalue weighted by atomic mass is 9.86. The number of rotatable bonds is 2. The highest BCUT2D eigenvalue weighted by Crippen LogP contribution is 2.22. The molecule has 0 spiro atoms. The van der Waals surface area contributed by atoms with E-state index in [0.29, 0.717) is 11.1 Å². The third kappa shape index (κ3) is 2.62. The highest BCUT2D eigenvalue weighted by molar-refractivity contribution is 6.08. The SMILES string of the molecule is CC(C)(C)c1ccc(C(=O)c2ccnnc2)cc1. The summed E-state index contributed by atoms with van der Waals surface area (Å²) in [6.45, 7) is 6.45. The molecule has 0 bridgehead atoms. The molecule has 0 radical (unpaired) electrons. The fourth-order valence-corrected chi connectivity index (χ4v) is 1.71. The molecule has 0 aliphatic rings. The summed E-state index contributed by atoms with van der Waals surface area (Å²) in [6.07, 6.45) is 3.01. The van der Waals surface area contributed by atoms with Gasteiger partial charge in [-0.1, -0.05) is 45.0 Å². The molecule has 1 aromatic heterocycles. The van der Waals surface area contributed by atoms with E-state index in [-0.39, 0.29) is 11.2 Å². The zero-order chi connectivity index (χ0) is 13.2. The van der Waals surface area contributed by atoms with Crippen molar-refractivity contribution in [1.29, 1.82) is 0 Å². The van der Waals surface area contributed by atoms with E-state index in [1.165, 1.54) is 18.0 Å². The topological polar surface area (TPSA) is 42.9 Å². The Morgan fingerprint density at radius 2 is 1.61 bits per heavy atom. The molecule has 1 heterocycles. The van der Waals surface area contributed by atoms with Crippen LogP contribution in [0.4, 0.5) is 0 Å². The van der Waals surface area contributed by atoms with Crippen molar-refractivity contribution in [2.45, 2.75) is 26.2 Å². The zero-order valence-corrected chi connectivity index (χ0v) is 10.8. The Labute approximate surface area is 107 Å². The van der Waals surface area contributed by atoms with Crippen LogP contribution in [0.3, 0.4) is 0 Å². The van der Waals surface area contributed by atoms with Crippen molar-refractivity contribution in [3.05, 3.63) is 59.4 Å². The Morgan fingerprint density at radius 3 is 2.11 bits per heavy atom. The second kappa shape index (κ2) is 4.69. The molecular weight excluding hydrogens is 224 g/mol. The van der Waals surface area contributed by atoms with Crippen molar-refractivity contribution < 1.29 is 4.79 Å². The van der Waals surface area contributed by atoms with E-state index in [2.05, 4.69) is 31.0 Å². The monoisotopic (exact) mass is 240 g/mol. The van der Waals surface area contributed by atoms with Crippen LogP contribution in [0.5, 0.6) is 0 Å². The summed E-state index contributed by atoms with van der Waals surface area (Å²) < 4.78 is 0. The smallest absolute Gasteiger partial charge is 0.194 e. The first-order chi connectivity index (χ1) is 8.48. The van der Waals surface area contributed by atoms with Crippen LogP contribution < -0.4 is 0 Å². The van der Waals surface area contributed by atoms with E-state index in [1.54, 1.807) is 6.07 Å². The molecule has 0 aliphatic heterocycles. The minimum absolute atomic E-state index is 0.0228. The van der Waals surface area contributed by atoms with Gasteiger partial charge in [0.05, 0.1) is 12.4 Å². The normalized spacial score (nSPS) is 11.3. The van der Waals surface area contributed by atoms with Crippen LogP contribution in [-0.4, -0.2) is 16.0 Å². The van der Waals surface area contributed by atoms with Gasteiger partial charge in [-0.2, -0.15) is 10.2 Å². The lowest BCUT2D eigenvalue weighted by Crippen LogP contribution is -2.11. The number of aromatic nitrogens is 2. The van der Waals surface area contributed by atoms with Crippen molar-refractivity contribution >= 4 is 5.78 Å². The van der Waals surface area contributed by atoms with Gasteiger partial charge in [0, 0.05) is 11.1 Å². The van der Waals surface area contributed by atoms with Gasteiger partial charge in [0.15, 0.2) is 5.78 Å². The second-order valence-corrected chi connectivity index (χ2v) is 5.29. The summed E-state index contributed by atoms with van der Waals surface area (Å²) in [6, 6.07) is 9.41. The lowest BCUT2D eigenvalue weighted by molar-refractivity contribution is 0.103. The van der Waals surface area contributed by atoms with Crippen LogP contribution in [-0.2, 0) is 5.41 Å². The molecule has 3 heteroatoms. The van der Waals surface area contributed by atoms with Gasteiger partial charge in [0.2, 0.25) is 0 Å². The Morgan fingerprint density at radius 1 is 0.944 bits per heavy atom. The fourth-order valence-electron chi connectivity index (χ4n) is 1.71. The third-order valence-electron chi connectivity index (χ3n) is 2.86. The fraction of sp³-hybridized carbons (Fsp3) is 0.267. The van der Waals surface area contributed by atoms with Crippen molar-refractivity contribution in [2.24, 2.45) is 0 Å². The molecule has 3 nitrogen and oxygen atoms in total. The summed E-state index contributed by atoms with van der Waals surface area (Å²) in [5.74, 6) is -0.0228. The number of ketones is 1. The summed E-state index contributed by atoms with van der Waals surface area (Å²) in [7, 11) is 0. The van der Waals surface area contributed by atoms with Crippen LogP contribution in [0.2, 0.25) is 0 Å². The quantitative estimate of drug-likeness (QED) is 0.758. The van der Waals surface area contributed by atoms with Gasteiger partial charge < -0.3 is 0 Å². The average molecular weight is 240 g/mol. The van der Waals surface area contributed by atoms with E-state index >= 15 is 0 Å².